The first kappa shape index (κ1) is 14.1. The second-order valence-corrected chi connectivity index (χ2v) is 5.20. The molecule has 0 aliphatic heterocycles. The predicted octanol–water partition coefficient (Wildman–Crippen LogP) is 2.04. The van der Waals surface area contributed by atoms with Crippen molar-refractivity contribution in [1.82, 2.24) is 9.97 Å². The van der Waals surface area contributed by atoms with Crippen LogP contribution in [0.3, 0.4) is 0 Å². The molecule has 19 heavy (non-hydrogen) atoms. The number of aliphatic hydroxyl groups excluding tert-OH is 1. The van der Waals surface area contributed by atoms with Crippen LogP contribution in [0.5, 0.6) is 0 Å². The van der Waals surface area contributed by atoms with E-state index in [1.165, 1.54) is 0 Å². The molecule has 0 unspecified atom stereocenters. The van der Waals surface area contributed by atoms with E-state index in [2.05, 4.69) is 34.4 Å². The summed E-state index contributed by atoms with van der Waals surface area (Å²) in [5, 5.41) is 16.0. The third-order valence-electron chi connectivity index (χ3n) is 3.61. The average molecular weight is 264 g/mol. The smallest absolute Gasteiger partial charge is 0.134 e. The first-order valence-electron chi connectivity index (χ1n) is 7.24. The fourth-order valence-corrected chi connectivity index (χ4v) is 2.40. The fourth-order valence-electron chi connectivity index (χ4n) is 2.40. The second-order valence-electron chi connectivity index (χ2n) is 5.20. The van der Waals surface area contributed by atoms with E-state index >= 15 is 0 Å². The molecule has 3 N–H and O–H groups in total. The maximum absolute atomic E-state index is 9.29. The molecule has 0 radical (unpaired) electrons. The third-order valence-corrected chi connectivity index (χ3v) is 3.61. The summed E-state index contributed by atoms with van der Waals surface area (Å²) in [4.78, 5) is 8.66. The van der Waals surface area contributed by atoms with Crippen molar-refractivity contribution in [1.29, 1.82) is 0 Å². The average Bonchev–Trinajstić information content (AvgIpc) is 2.39. The summed E-state index contributed by atoms with van der Waals surface area (Å²) >= 11 is 0. The maximum Gasteiger partial charge on any atom is 0.134 e. The van der Waals surface area contributed by atoms with Crippen LogP contribution < -0.4 is 10.6 Å². The summed E-state index contributed by atoms with van der Waals surface area (Å²) in [6.45, 7) is 6.07. The largest absolute Gasteiger partial charge is 0.393 e. The van der Waals surface area contributed by atoms with Crippen LogP contribution >= 0.6 is 0 Å². The topological polar surface area (TPSA) is 70.1 Å². The molecule has 5 nitrogen and oxygen atoms in total. The molecule has 0 saturated heterocycles. The van der Waals surface area contributed by atoms with E-state index in [9.17, 15) is 5.11 Å². The number of nitrogens with one attached hydrogen (secondary N) is 2. The number of rotatable bonds is 7. The SMILES string of the molecule is CCCNc1ncnc(NCC2CC(O)C2)c1CC. The lowest BCUT2D eigenvalue weighted by atomic mass is 9.82. The van der Waals surface area contributed by atoms with Gasteiger partial charge in [0.05, 0.1) is 6.10 Å². The van der Waals surface area contributed by atoms with Gasteiger partial charge in [0, 0.05) is 18.7 Å². The Balaban J connectivity index is 1.98. The van der Waals surface area contributed by atoms with Crippen molar-refractivity contribution in [3.63, 3.8) is 0 Å². The van der Waals surface area contributed by atoms with Gasteiger partial charge in [-0.1, -0.05) is 13.8 Å². The molecule has 1 fully saturated rings. The molecule has 5 heteroatoms. The van der Waals surface area contributed by atoms with E-state index in [-0.39, 0.29) is 6.10 Å². The van der Waals surface area contributed by atoms with Gasteiger partial charge in [-0.3, -0.25) is 0 Å². The Morgan fingerprint density at radius 1 is 1.21 bits per heavy atom. The Kier molecular flexibility index (Phi) is 4.96. The maximum atomic E-state index is 9.29. The standard InChI is InChI=1S/C14H24N4O/c1-3-5-15-13-12(4-2)14(18-9-17-13)16-8-10-6-11(19)7-10/h9-11,19H,3-8H2,1-2H3,(H2,15,16,17,18). The lowest BCUT2D eigenvalue weighted by molar-refractivity contribution is 0.0486. The molecular weight excluding hydrogens is 240 g/mol. The van der Waals surface area contributed by atoms with Crippen LogP contribution in [0, 0.1) is 5.92 Å². The van der Waals surface area contributed by atoms with Gasteiger partial charge in [-0.15, -0.1) is 0 Å². The lowest BCUT2D eigenvalue weighted by Gasteiger charge is -2.31. The Bertz CT molecular complexity index is 404. The number of hydrogen-bond donors (Lipinski definition) is 3. The minimum absolute atomic E-state index is 0.0929. The summed E-state index contributed by atoms with van der Waals surface area (Å²) in [5.74, 6) is 2.44. The predicted molar refractivity (Wildman–Crippen MR) is 77.4 cm³/mol. The highest BCUT2D eigenvalue weighted by Crippen LogP contribution is 2.28. The summed E-state index contributed by atoms with van der Waals surface area (Å²) in [7, 11) is 0. The van der Waals surface area contributed by atoms with Gasteiger partial charge in [0.15, 0.2) is 0 Å². The number of hydrogen-bond acceptors (Lipinski definition) is 5. The van der Waals surface area contributed by atoms with E-state index in [0.717, 1.165) is 56.0 Å². The molecule has 0 spiro atoms. The van der Waals surface area contributed by atoms with Crippen molar-refractivity contribution in [2.24, 2.45) is 5.92 Å². The summed E-state index contributed by atoms with van der Waals surface area (Å²) in [6, 6.07) is 0. The highest BCUT2D eigenvalue weighted by atomic mass is 16.3. The molecule has 0 aromatic carbocycles. The van der Waals surface area contributed by atoms with Gasteiger partial charge in [-0.05, 0) is 31.6 Å². The molecular formula is C14H24N4O. The molecule has 2 rings (SSSR count). The Morgan fingerprint density at radius 2 is 1.89 bits per heavy atom. The van der Waals surface area contributed by atoms with Gasteiger partial charge in [-0.25, -0.2) is 9.97 Å². The summed E-state index contributed by atoms with van der Waals surface area (Å²) in [6.07, 6.45) is 5.30. The minimum Gasteiger partial charge on any atom is -0.393 e. The first-order valence-corrected chi connectivity index (χ1v) is 7.24. The number of aliphatic hydroxyl groups is 1. The molecule has 0 atom stereocenters. The van der Waals surface area contributed by atoms with E-state index < -0.39 is 0 Å². The highest BCUT2D eigenvalue weighted by molar-refractivity contribution is 5.57. The molecule has 1 aromatic heterocycles. The molecule has 0 amide bonds. The Morgan fingerprint density at radius 3 is 2.47 bits per heavy atom. The zero-order chi connectivity index (χ0) is 13.7. The van der Waals surface area contributed by atoms with Gasteiger partial charge in [-0.2, -0.15) is 0 Å². The van der Waals surface area contributed by atoms with Crippen molar-refractivity contribution < 1.29 is 5.11 Å². The van der Waals surface area contributed by atoms with E-state index in [0.29, 0.717) is 5.92 Å². The van der Waals surface area contributed by atoms with Gasteiger partial charge >= 0.3 is 0 Å². The third kappa shape index (κ3) is 3.56. The Labute approximate surface area is 114 Å². The molecule has 106 valence electrons. The number of aromatic nitrogens is 2. The van der Waals surface area contributed by atoms with Crippen molar-refractivity contribution in [3.05, 3.63) is 11.9 Å². The first-order chi connectivity index (χ1) is 9.24. The van der Waals surface area contributed by atoms with Crippen LogP contribution in [0.4, 0.5) is 11.6 Å². The Hall–Kier alpha value is -1.36. The van der Waals surface area contributed by atoms with Crippen LogP contribution in [-0.4, -0.2) is 34.3 Å². The van der Waals surface area contributed by atoms with Gasteiger partial charge in [0.2, 0.25) is 0 Å². The molecule has 1 heterocycles. The van der Waals surface area contributed by atoms with Crippen LogP contribution in [0.25, 0.3) is 0 Å². The van der Waals surface area contributed by atoms with Crippen LogP contribution in [0.2, 0.25) is 0 Å². The van der Waals surface area contributed by atoms with E-state index in [4.69, 9.17) is 0 Å². The van der Waals surface area contributed by atoms with Crippen molar-refractivity contribution in [2.75, 3.05) is 23.7 Å². The fraction of sp³-hybridized carbons (Fsp3) is 0.714. The minimum atomic E-state index is -0.0929. The molecule has 1 aliphatic rings. The van der Waals surface area contributed by atoms with Crippen LogP contribution in [0.1, 0.15) is 38.7 Å². The van der Waals surface area contributed by atoms with E-state index in [1.807, 2.05) is 0 Å². The van der Waals surface area contributed by atoms with Gasteiger partial charge in [0.25, 0.3) is 0 Å². The molecule has 0 bridgehead atoms. The summed E-state index contributed by atoms with van der Waals surface area (Å²) in [5.41, 5.74) is 1.15. The molecule has 1 aromatic rings. The molecule has 1 aliphatic carbocycles. The van der Waals surface area contributed by atoms with Gasteiger partial charge < -0.3 is 15.7 Å². The zero-order valence-electron chi connectivity index (χ0n) is 11.8. The highest BCUT2D eigenvalue weighted by Gasteiger charge is 2.27. The second kappa shape index (κ2) is 6.70. The van der Waals surface area contributed by atoms with Crippen molar-refractivity contribution in [3.8, 4) is 0 Å². The van der Waals surface area contributed by atoms with Crippen LogP contribution in [-0.2, 0) is 6.42 Å². The number of nitrogens with zero attached hydrogens (tertiary/aromatic N) is 2. The summed E-state index contributed by atoms with van der Waals surface area (Å²) < 4.78 is 0. The van der Waals surface area contributed by atoms with Crippen LogP contribution in [0.15, 0.2) is 6.33 Å². The van der Waals surface area contributed by atoms with Gasteiger partial charge in [0.1, 0.15) is 18.0 Å². The van der Waals surface area contributed by atoms with E-state index in [1.54, 1.807) is 6.33 Å². The van der Waals surface area contributed by atoms with Crippen molar-refractivity contribution >= 4 is 11.6 Å². The quantitative estimate of drug-likeness (QED) is 0.703. The zero-order valence-corrected chi connectivity index (χ0v) is 11.8. The normalized spacial score (nSPS) is 21.8. The monoisotopic (exact) mass is 264 g/mol. The van der Waals surface area contributed by atoms with Crippen molar-refractivity contribution in [2.45, 2.75) is 45.6 Å². The molecule has 1 saturated carbocycles. The number of anilines is 2. The lowest BCUT2D eigenvalue weighted by Crippen LogP contribution is -2.33.